The number of carbonyl (C=O) groups excluding carboxylic acids is 1. The molecule has 1 aromatic carbocycles. The lowest BCUT2D eigenvalue weighted by molar-refractivity contribution is -0.121. The van der Waals surface area contributed by atoms with E-state index in [4.69, 9.17) is 8.83 Å². The molecule has 1 atom stereocenters. The normalized spacial score (nSPS) is 12.0. The molecule has 6 nitrogen and oxygen atoms in total. The molecule has 0 radical (unpaired) electrons. The van der Waals surface area contributed by atoms with Crippen LogP contribution < -0.4 is 5.32 Å². The number of nitrogens with one attached hydrogen (secondary N) is 1. The van der Waals surface area contributed by atoms with Crippen LogP contribution in [0.5, 0.6) is 0 Å². The van der Waals surface area contributed by atoms with Crippen molar-refractivity contribution in [1.82, 2.24) is 10.3 Å². The van der Waals surface area contributed by atoms with Crippen molar-refractivity contribution in [3.63, 3.8) is 0 Å². The first-order chi connectivity index (χ1) is 11.3. The van der Waals surface area contributed by atoms with Gasteiger partial charge in [0.15, 0.2) is 0 Å². The Hall–Kier alpha value is -2.86. The van der Waals surface area contributed by atoms with Crippen molar-refractivity contribution in [2.24, 2.45) is 0 Å². The first-order valence-corrected chi connectivity index (χ1v) is 7.19. The molecule has 3 aromatic rings. The number of aromatic nitrogens is 1. The predicted molar refractivity (Wildman–Crippen MR) is 82.3 cm³/mol. The second kappa shape index (κ2) is 6.93. The van der Waals surface area contributed by atoms with Gasteiger partial charge in [0, 0.05) is 5.56 Å². The van der Waals surface area contributed by atoms with Crippen LogP contribution in [0.3, 0.4) is 0 Å². The zero-order valence-electron chi connectivity index (χ0n) is 12.3. The number of oxazole rings is 1. The largest absolute Gasteiger partial charge is 0.467 e. The average Bonchev–Trinajstić information content (AvgIpc) is 3.25. The monoisotopic (exact) mass is 312 g/mol. The highest BCUT2D eigenvalue weighted by Gasteiger charge is 2.17. The van der Waals surface area contributed by atoms with E-state index in [1.54, 1.807) is 12.1 Å². The molecule has 2 heterocycles. The maximum absolute atomic E-state index is 12.1. The lowest BCUT2D eigenvalue weighted by atomic mass is 10.2. The third kappa shape index (κ3) is 3.67. The van der Waals surface area contributed by atoms with E-state index in [1.165, 1.54) is 12.5 Å². The maximum Gasteiger partial charge on any atom is 0.226 e. The number of nitrogens with zero attached hydrogens (tertiary/aromatic N) is 1. The van der Waals surface area contributed by atoms with Gasteiger partial charge >= 0.3 is 0 Å². The lowest BCUT2D eigenvalue weighted by Crippen LogP contribution is -2.31. The topological polar surface area (TPSA) is 88.5 Å². The van der Waals surface area contributed by atoms with Gasteiger partial charge in [-0.3, -0.25) is 4.79 Å². The van der Waals surface area contributed by atoms with E-state index in [0.29, 0.717) is 17.3 Å². The third-order valence-electron chi connectivity index (χ3n) is 3.32. The van der Waals surface area contributed by atoms with Gasteiger partial charge in [-0.15, -0.1) is 0 Å². The molecule has 0 saturated carbocycles. The SMILES string of the molecule is O=C(Cc1coc(-c2ccccc2)n1)NC(CO)c1ccco1. The Bertz CT molecular complexity index is 750. The van der Waals surface area contributed by atoms with E-state index in [1.807, 2.05) is 30.3 Å². The molecule has 1 unspecified atom stereocenters. The van der Waals surface area contributed by atoms with Crippen LogP contribution in [0.1, 0.15) is 17.5 Å². The number of benzene rings is 1. The van der Waals surface area contributed by atoms with Gasteiger partial charge in [-0.05, 0) is 24.3 Å². The highest BCUT2D eigenvalue weighted by Crippen LogP contribution is 2.18. The molecule has 6 heteroatoms. The van der Waals surface area contributed by atoms with E-state index >= 15 is 0 Å². The highest BCUT2D eigenvalue weighted by atomic mass is 16.3. The van der Waals surface area contributed by atoms with Gasteiger partial charge in [-0.25, -0.2) is 4.98 Å². The van der Waals surface area contributed by atoms with Gasteiger partial charge in [-0.1, -0.05) is 18.2 Å². The Labute approximate surface area is 132 Å². The summed E-state index contributed by atoms with van der Waals surface area (Å²) in [6.45, 7) is -0.243. The predicted octanol–water partition coefficient (Wildman–Crippen LogP) is 2.33. The fraction of sp³-hybridized carbons (Fsp3) is 0.176. The molecule has 118 valence electrons. The number of amides is 1. The number of hydrogen-bond donors (Lipinski definition) is 2. The Morgan fingerprint density at radius 1 is 1.17 bits per heavy atom. The number of furan rings is 1. The molecule has 0 aliphatic carbocycles. The van der Waals surface area contributed by atoms with Crippen molar-refractivity contribution in [1.29, 1.82) is 0 Å². The van der Waals surface area contributed by atoms with Gasteiger partial charge in [-0.2, -0.15) is 0 Å². The molecule has 2 aromatic heterocycles. The second-order valence-electron chi connectivity index (χ2n) is 5.00. The third-order valence-corrected chi connectivity index (χ3v) is 3.32. The quantitative estimate of drug-likeness (QED) is 0.729. The van der Waals surface area contributed by atoms with Gasteiger partial charge in [0.2, 0.25) is 11.8 Å². The molecule has 0 spiro atoms. The molecule has 0 aliphatic heterocycles. The zero-order chi connectivity index (χ0) is 16.1. The van der Waals surface area contributed by atoms with E-state index in [2.05, 4.69) is 10.3 Å². The number of carbonyl (C=O) groups is 1. The first kappa shape index (κ1) is 15.1. The van der Waals surface area contributed by atoms with E-state index in [-0.39, 0.29) is 18.9 Å². The number of hydrogen-bond acceptors (Lipinski definition) is 5. The fourth-order valence-electron chi connectivity index (χ4n) is 2.21. The minimum atomic E-state index is -0.571. The van der Waals surface area contributed by atoms with Gasteiger partial charge in [0.1, 0.15) is 18.1 Å². The summed E-state index contributed by atoms with van der Waals surface area (Å²) in [5.41, 5.74) is 1.38. The molecule has 1 amide bonds. The molecule has 23 heavy (non-hydrogen) atoms. The molecule has 3 rings (SSSR count). The van der Waals surface area contributed by atoms with Crippen molar-refractivity contribution < 1.29 is 18.7 Å². The number of rotatable bonds is 6. The first-order valence-electron chi connectivity index (χ1n) is 7.19. The van der Waals surface area contributed by atoms with Crippen LogP contribution in [0, 0.1) is 0 Å². The van der Waals surface area contributed by atoms with Crippen molar-refractivity contribution in [2.45, 2.75) is 12.5 Å². The molecule has 0 fully saturated rings. The summed E-state index contributed by atoms with van der Waals surface area (Å²) in [5, 5.41) is 12.1. The highest BCUT2D eigenvalue weighted by molar-refractivity contribution is 5.78. The summed E-state index contributed by atoms with van der Waals surface area (Å²) in [5.74, 6) is 0.706. The lowest BCUT2D eigenvalue weighted by Gasteiger charge is -2.13. The number of aliphatic hydroxyl groups excluding tert-OH is 1. The summed E-state index contributed by atoms with van der Waals surface area (Å²) in [7, 11) is 0. The molecular weight excluding hydrogens is 296 g/mol. The van der Waals surface area contributed by atoms with Crippen LogP contribution in [0.15, 0.2) is 63.8 Å². The Morgan fingerprint density at radius 2 is 2.00 bits per heavy atom. The van der Waals surface area contributed by atoms with Crippen LogP contribution in [0.4, 0.5) is 0 Å². The van der Waals surface area contributed by atoms with Crippen LogP contribution in [-0.2, 0) is 11.2 Å². The van der Waals surface area contributed by atoms with Crippen LogP contribution in [0.2, 0.25) is 0 Å². The summed E-state index contributed by atoms with van der Waals surface area (Å²) >= 11 is 0. The van der Waals surface area contributed by atoms with E-state index in [9.17, 15) is 9.90 Å². The molecule has 0 saturated heterocycles. The maximum atomic E-state index is 12.1. The van der Waals surface area contributed by atoms with Crippen molar-refractivity contribution in [2.75, 3.05) is 6.61 Å². The summed E-state index contributed by atoms with van der Waals surface area (Å²) in [6, 6.07) is 12.3. The van der Waals surface area contributed by atoms with Gasteiger partial charge < -0.3 is 19.3 Å². The second-order valence-corrected chi connectivity index (χ2v) is 5.00. The van der Waals surface area contributed by atoms with Crippen LogP contribution >= 0.6 is 0 Å². The molecular formula is C17H16N2O4. The molecule has 2 N–H and O–H groups in total. The van der Waals surface area contributed by atoms with Crippen molar-refractivity contribution >= 4 is 5.91 Å². The fourth-order valence-corrected chi connectivity index (χ4v) is 2.21. The number of aliphatic hydroxyl groups is 1. The average molecular weight is 312 g/mol. The Kier molecular flexibility index (Phi) is 4.54. The van der Waals surface area contributed by atoms with Gasteiger partial charge in [0.05, 0.1) is 25.0 Å². The van der Waals surface area contributed by atoms with E-state index < -0.39 is 6.04 Å². The zero-order valence-corrected chi connectivity index (χ0v) is 12.3. The van der Waals surface area contributed by atoms with E-state index in [0.717, 1.165) is 5.56 Å². The minimum Gasteiger partial charge on any atom is -0.467 e. The summed E-state index contributed by atoms with van der Waals surface area (Å²) in [4.78, 5) is 16.4. The Morgan fingerprint density at radius 3 is 2.70 bits per heavy atom. The molecule has 0 bridgehead atoms. The molecule has 0 aliphatic rings. The smallest absolute Gasteiger partial charge is 0.226 e. The standard InChI is InChI=1S/C17H16N2O4/c20-10-14(15-7-4-8-22-15)19-16(21)9-13-11-23-17(18-13)12-5-2-1-3-6-12/h1-8,11,14,20H,9-10H2,(H,19,21). The van der Waals surface area contributed by atoms with Crippen LogP contribution in [0.25, 0.3) is 11.5 Å². The van der Waals surface area contributed by atoms with Gasteiger partial charge in [0.25, 0.3) is 0 Å². The summed E-state index contributed by atoms with van der Waals surface area (Å²) < 4.78 is 10.6. The summed E-state index contributed by atoms with van der Waals surface area (Å²) in [6.07, 6.45) is 3.02. The van der Waals surface area contributed by atoms with Crippen molar-refractivity contribution in [3.05, 3.63) is 66.4 Å². The Balaban J connectivity index is 1.63. The minimum absolute atomic E-state index is 0.0630. The van der Waals surface area contributed by atoms with Crippen LogP contribution in [-0.4, -0.2) is 22.6 Å². The van der Waals surface area contributed by atoms with Crippen molar-refractivity contribution in [3.8, 4) is 11.5 Å².